The summed E-state index contributed by atoms with van der Waals surface area (Å²) in [5.41, 5.74) is 1.01. The van der Waals surface area contributed by atoms with Gasteiger partial charge in [-0.25, -0.2) is 0 Å². The third-order valence-electron chi connectivity index (χ3n) is 2.86. The Balaban J connectivity index is 3.83. The van der Waals surface area contributed by atoms with Gasteiger partial charge >= 0.3 is 0 Å². The van der Waals surface area contributed by atoms with Gasteiger partial charge < -0.3 is 0 Å². The van der Waals surface area contributed by atoms with Gasteiger partial charge in [0, 0.05) is 0 Å². The first-order chi connectivity index (χ1) is 7.26. The summed E-state index contributed by atoms with van der Waals surface area (Å²) in [5, 5.41) is 0. The lowest BCUT2D eigenvalue weighted by molar-refractivity contribution is -0.105. The molecule has 15 heavy (non-hydrogen) atoms. The third kappa shape index (κ3) is 7.35. The van der Waals surface area contributed by atoms with Gasteiger partial charge in [0.25, 0.3) is 0 Å². The molecule has 0 N–H and O–H groups in total. The maximum Gasteiger partial charge on any atom is 0.145 e. The van der Waals surface area contributed by atoms with Crippen LogP contribution in [0.1, 0.15) is 65.7 Å². The van der Waals surface area contributed by atoms with E-state index in [1.54, 1.807) is 0 Å². The van der Waals surface area contributed by atoms with Crippen molar-refractivity contribution in [1.29, 1.82) is 0 Å². The number of aldehydes is 1. The van der Waals surface area contributed by atoms with Crippen LogP contribution in [0, 0.1) is 5.92 Å². The van der Waals surface area contributed by atoms with Crippen LogP contribution in [0.25, 0.3) is 0 Å². The van der Waals surface area contributed by atoms with Crippen LogP contribution in [0.5, 0.6) is 0 Å². The van der Waals surface area contributed by atoms with Gasteiger partial charge in [0.15, 0.2) is 0 Å². The predicted octanol–water partition coefficient (Wildman–Crippen LogP) is 4.52. The Morgan fingerprint density at radius 2 is 1.87 bits per heavy atom. The molecule has 0 aliphatic rings. The van der Waals surface area contributed by atoms with Gasteiger partial charge in [0.05, 0.1) is 0 Å². The zero-order valence-electron chi connectivity index (χ0n) is 10.6. The van der Waals surface area contributed by atoms with Crippen molar-refractivity contribution in [1.82, 2.24) is 0 Å². The van der Waals surface area contributed by atoms with E-state index in [0.29, 0.717) is 5.92 Å². The van der Waals surface area contributed by atoms with Crippen molar-refractivity contribution < 1.29 is 4.79 Å². The first kappa shape index (κ1) is 14.4. The van der Waals surface area contributed by atoms with Crippen LogP contribution >= 0.6 is 0 Å². The zero-order valence-corrected chi connectivity index (χ0v) is 10.6. The Morgan fingerprint density at radius 1 is 1.13 bits per heavy atom. The van der Waals surface area contributed by atoms with E-state index in [1.807, 2.05) is 0 Å². The lowest BCUT2D eigenvalue weighted by atomic mass is 9.96. The highest BCUT2D eigenvalue weighted by atomic mass is 16.1. The number of carbonyl (C=O) groups is 1. The van der Waals surface area contributed by atoms with E-state index in [4.69, 9.17) is 0 Å². The van der Waals surface area contributed by atoms with E-state index in [9.17, 15) is 4.79 Å². The molecule has 0 radical (unpaired) electrons. The van der Waals surface area contributed by atoms with Crippen LogP contribution < -0.4 is 0 Å². The van der Waals surface area contributed by atoms with Crippen molar-refractivity contribution in [3.05, 3.63) is 11.6 Å². The molecular formula is C14H26O. The first-order valence-electron chi connectivity index (χ1n) is 6.41. The topological polar surface area (TPSA) is 17.1 Å². The minimum absolute atomic E-state index is 0.443. The molecule has 0 bridgehead atoms. The van der Waals surface area contributed by atoms with E-state index in [-0.39, 0.29) is 0 Å². The van der Waals surface area contributed by atoms with Crippen LogP contribution in [0.2, 0.25) is 0 Å². The summed E-state index contributed by atoms with van der Waals surface area (Å²) in [6, 6.07) is 0. The molecule has 0 rings (SSSR count). The maximum atomic E-state index is 10.9. The Bertz CT molecular complexity index is 182. The van der Waals surface area contributed by atoms with Crippen LogP contribution in [-0.2, 0) is 4.79 Å². The molecule has 0 saturated carbocycles. The van der Waals surface area contributed by atoms with Crippen molar-refractivity contribution in [3.8, 4) is 0 Å². The molecule has 0 aromatic rings. The quantitative estimate of drug-likeness (QED) is 0.311. The number of hydrogen-bond donors (Lipinski definition) is 0. The highest BCUT2D eigenvalue weighted by Crippen LogP contribution is 2.16. The first-order valence-corrected chi connectivity index (χ1v) is 6.41. The minimum atomic E-state index is 0.443. The monoisotopic (exact) mass is 210 g/mol. The van der Waals surface area contributed by atoms with Crippen LogP contribution in [0.4, 0.5) is 0 Å². The molecule has 0 saturated heterocycles. The summed E-state index contributed by atoms with van der Waals surface area (Å²) in [6.45, 7) is 6.53. The van der Waals surface area contributed by atoms with Gasteiger partial charge in [0.2, 0.25) is 0 Å². The second-order valence-electron chi connectivity index (χ2n) is 4.36. The highest BCUT2D eigenvalue weighted by molar-refractivity contribution is 5.73. The Kier molecular flexibility index (Phi) is 9.55. The lowest BCUT2D eigenvalue weighted by Crippen LogP contribution is -2.00. The molecule has 1 heteroatoms. The molecule has 0 aromatic carbocycles. The fourth-order valence-corrected chi connectivity index (χ4v) is 1.80. The molecule has 0 aliphatic carbocycles. The van der Waals surface area contributed by atoms with Gasteiger partial charge in [-0.05, 0) is 30.8 Å². The van der Waals surface area contributed by atoms with Crippen molar-refractivity contribution >= 4 is 6.29 Å². The van der Waals surface area contributed by atoms with E-state index < -0.39 is 0 Å². The highest BCUT2D eigenvalue weighted by Gasteiger charge is 2.05. The fourth-order valence-electron chi connectivity index (χ4n) is 1.80. The van der Waals surface area contributed by atoms with E-state index in [2.05, 4.69) is 26.8 Å². The summed E-state index contributed by atoms with van der Waals surface area (Å²) in [5.74, 6) is 0.443. The predicted molar refractivity (Wildman–Crippen MR) is 67.0 cm³/mol. The summed E-state index contributed by atoms with van der Waals surface area (Å²) in [6.07, 6.45) is 11.6. The Morgan fingerprint density at radius 3 is 2.40 bits per heavy atom. The molecular weight excluding hydrogens is 184 g/mol. The number of unbranched alkanes of at least 4 members (excludes halogenated alkanes) is 4. The van der Waals surface area contributed by atoms with Crippen molar-refractivity contribution in [3.63, 3.8) is 0 Å². The minimum Gasteiger partial charge on any atom is -0.298 e. The summed E-state index contributed by atoms with van der Waals surface area (Å²) in [4.78, 5) is 10.9. The average Bonchev–Trinajstić information content (AvgIpc) is 2.23. The zero-order chi connectivity index (χ0) is 11.5. The fraction of sp³-hybridized carbons (Fsp3) is 0.786. The summed E-state index contributed by atoms with van der Waals surface area (Å²) < 4.78 is 0. The van der Waals surface area contributed by atoms with Crippen LogP contribution in [0.15, 0.2) is 11.6 Å². The largest absolute Gasteiger partial charge is 0.298 e. The van der Waals surface area contributed by atoms with E-state index in [1.165, 1.54) is 25.7 Å². The van der Waals surface area contributed by atoms with Crippen molar-refractivity contribution in [2.75, 3.05) is 0 Å². The van der Waals surface area contributed by atoms with Gasteiger partial charge in [-0.2, -0.15) is 0 Å². The molecule has 1 nitrogen and oxygen atoms in total. The van der Waals surface area contributed by atoms with Crippen LogP contribution in [0.3, 0.4) is 0 Å². The number of hydrogen-bond acceptors (Lipinski definition) is 1. The Hall–Kier alpha value is -0.590. The molecule has 0 aliphatic heterocycles. The van der Waals surface area contributed by atoms with Gasteiger partial charge in [-0.1, -0.05) is 52.5 Å². The smallest absolute Gasteiger partial charge is 0.145 e. The number of carbonyl (C=O) groups excluding carboxylic acids is 1. The van der Waals surface area contributed by atoms with Crippen molar-refractivity contribution in [2.45, 2.75) is 65.7 Å². The summed E-state index contributed by atoms with van der Waals surface area (Å²) >= 11 is 0. The third-order valence-corrected chi connectivity index (χ3v) is 2.86. The Labute approximate surface area is 95.0 Å². The second kappa shape index (κ2) is 9.95. The van der Waals surface area contributed by atoms with Crippen LogP contribution in [-0.4, -0.2) is 6.29 Å². The van der Waals surface area contributed by atoms with Gasteiger partial charge in [-0.3, -0.25) is 4.79 Å². The van der Waals surface area contributed by atoms with Crippen molar-refractivity contribution in [2.24, 2.45) is 5.92 Å². The van der Waals surface area contributed by atoms with E-state index in [0.717, 1.165) is 31.1 Å². The number of rotatable bonds is 9. The average molecular weight is 210 g/mol. The molecule has 1 unspecified atom stereocenters. The molecule has 0 fully saturated rings. The molecule has 0 heterocycles. The summed E-state index contributed by atoms with van der Waals surface area (Å²) in [7, 11) is 0. The molecule has 1 atom stereocenters. The normalized spacial score (nSPS) is 13.9. The molecule has 0 aromatic heterocycles. The van der Waals surface area contributed by atoms with E-state index >= 15 is 0 Å². The lowest BCUT2D eigenvalue weighted by Gasteiger charge is -2.09. The second-order valence-corrected chi connectivity index (χ2v) is 4.36. The standard InChI is InChI=1S/C14H26O/c1-4-6-7-8-9-11-14(12-15)13(3)10-5-2/h11-13H,4-10H2,1-3H3. The number of allylic oxidation sites excluding steroid dienone is 2. The molecule has 88 valence electrons. The van der Waals surface area contributed by atoms with Gasteiger partial charge in [0.1, 0.15) is 6.29 Å². The maximum absolute atomic E-state index is 10.9. The van der Waals surface area contributed by atoms with Gasteiger partial charge in [-0.15, -0.1) is 0 Å². The SMILES string of the molecule is CCCCCCC=C(C=O)C(C)CCC. The molecule has 0 spiro atoms. The molecule has 0 amide bonds.